The van der Waals surface area contributed by atoms with Crippen LogP contribution in [0.1, 0.15) is 72.1 Å². The van der Waals surface area contributed by atoms with Gasteiger partial charge < -0.3 is 0 Å². The zero-order valence-corrected chi connectivity index (χ0v) is 36.3. The number of sulfonamides is 4. The Kier molecular flexibility index (Phi) is 19.8. The average molecular weight is 843 g/mol. The van der Waals surface area contributed by atoms with Crippen molar-refractivity contribution in [1.29, 1.82) is 0 Å². The molecule has 0 aliphatic carbocycles. The molecule has 0 atom stereocenters. The van der Waals surface area contributed by atoms with Gasteiger partial charge in [0, 0.05) is 49.0 Å². The zero-order chi connectivity index (χ0) is 42.2. The number of rotatable bonds is 12. The van der Waals surface area contributed by atoms with E-state index in [1.54, 1.807) is 85.7 Å². The number of aromatic nitrogens is 4. The van der Waals surface area contributed by atoms with E-state index in [0.29, 0.717) is 0 Å². The molecule has 4 rings (SSSR count). The topological polar surface area (TPSA) is 236 Å². The maximum atomic E-state index is 11.6. The molecule has 16 nitrogen and oxygen atoms in total. The second kappa shape index (κ2) is 22.1. The second-order valence-corrected chi connectivity index (χ2v) is 19.9. The van der Waals surface area contributed by atoms with E-state index in [0.717, 1.165) is 16.7 Å². The summed E-state index contributed by atoms with van der Waals surface area (Å²) in [5, 5.41) is 0.258. The quantitative estimate of drug-likeness (QED) is 0.158. The van der Waals surface area contributed by atoms with E-state index in [2.05, 4.69) is 38.8 Å². The molecule has 0 amide bonds. The van der Waals surface area contributed by atoms with Gasteiger partial charge in [-0.1, -0.05) is 24.3 Å². The van der Waals surface area contributed by atoms with Gasteiger partial charge in [-0.2, -0.15) is 0 Å². The summed E-state index contributed by atoms with van der Waals surface area (Å²) in [6.45, 7) is 19.7. The summed E-state index contributed by atoms with van der Waals surface area (Å²) in [5.41, 5.74) is 2.82. The highest BCUT2D eigenvalue weighted by atomic mass is 32.2. The van der Waals surface area contributed by atoms with Crippen molar-refractivity contribution in [2.24, 2.45) is 0 Å². The molecule has 306 valence electrons. The van der Waals surface area contributed by atoms with Crippen LogP contribution in [0.2, 0.25) is 0 Å². The lowest BCUT2D eigenvalue weighted by atomic mass is 10.3. The predicted molar refractivity (Wildman–Crippen MR) is 213 cm³/mol. The maximum Gasteiger partial charge on any atom is 0.258 e. The van der Waals surface area contributed by atoms with E-state index in [1.165, 1.54) is 49.1 Å². The van der Waals surface area contributed by atoms with Gasteiger partial charge in [0.2, 0.25) is 0 Å². The first kappa shape index (κ1) is 49.3. The van der Waals surface area contributed by atoms with Gasteiger partial charge >= 0.3 is 0 Å². The fraction of sp³-hybridized carbons (Fsp3) is 0.429. The van der Waals surface area contributed by atoms with Crippen LogP contribution in [0.5, 0.6) is 0 Å². The molecule has 55 heavy (non-hydrogen) atoms. The average Bonchev–Trinajstić information content (AvgIpc) is 3.04. The molecule has 0 aromatic carbocycles. The highest BCUT2D eigenvalue weighted by Gasteiger charge is 2.18. The second-order valence-electron chi connectivity index (χ2n) is 13.3. The number of pyridine rings is 4. The minimum absolute atomic E-state index is 0.0590. The summed E-state index contributed by atoms with van der Waals surface area (Å²) >= 11 is 0. The van der Waals surface area contributed by atoms with Gasteiger partial charge in [-0.15, -0.1) is 0 Å². The van der Waals surface area contributed by atoms with Crippen molar-refractivity contribution in [2.45, 2.75) is 120 Å². The van der Waals surface area contributed by atoms with Crippen LogP contribution >= 0.6 is 0 Å². The first-order chi connectivity index (χ1) is 25.3. The molecule has 0 saturated carbocycles. The molecule has 4 heterocycles. The highest BCUT2D eigenvalue weighted by Crippen LogP contribution is 2.09. The Labute approximate surface area is 327 Å². The lowest BCUT2D eigenvalue weighted by Crippen LogP contribution is -2.30. The Hall–Kier alpha value is -3.76. The Morgan fingerprint density at radius 3 is 0.818 bits per heavy atom. The molecule has 20 heteroatoms. The van der Waals surface area contributed by atoms with Gasteiger partial charge in [0.15, 0.2) is 20.1 Å². The molecule has 0 spiro atoms. The normalized spacial score (nSPS) is 12.0. The van der Waals surface area contributed by atoms with Gasteiger partial charge in [-0.3, -0.25) is 0 Å². The molecule has 0 bridgehead atoms. The van der Waals surface area contributed by atoms with Crippen molar-refractivity contribution in [3.63, 3.8) is 0 Å². The van der Waals surface area contributed by atoms with Crippen molar-refractivity contribution in [2.75, 3.05) is 0 Å². The summed E-state index contributed by atoms with van der Waals surface area (Å²) in [7, 11) is -13.7. The molecule has 0 unspecified atom stereocenters. The monoisotopic (exact) mass is 842 g/mol. The largest absolute Gasteiger partial charge is 0.258 e. The fourth-order valence-corrected chi connectivity index (χ4v) is 8.57. The lowest BCUT2D eigenvalue weighted by Gasteiger charge is -2.08. The van der Waals surface area contributed by atoms with Gasteiger partial charge in [0.1, 0.15) is 0 Å². The van der Waals surface area contributed by atoms with Gasteiger partial charge in [0.25, 0.3) is 40.1 Å². The predicted octanol–water partition coefficient (Wildman–Crippen LogP) is 4.00. The summed E-state index contributed by atoms with van der Waals surface area (Å²) in [5.74, 6) is 0. The first-order valence-corrected chi connectivity index (χ1v) is 23.0. The Morgan fingerprint density at radius 1 is 0.382 bits per heavy atom. The van der Waals surface area contributed by atoms with Crippen molar-refractivity contribution in [1.82, 2.24) is 38.8 Å². The summed E-state index contributed by atoms with van der Waals surface area (Å²) in [6, 6.07) is 14.0. The molecule has 4 aromatic heterocycles. The summed E-state index contributed by atoms with van der Waals surface area (Å²) in [6.07, 6.45) is 6.06. The smallest absolute Gasteiger partial charge is 0.243 e. The molecule has 0 radical (unpaired) electrons. The van der Waals surface area contributed by atoms with Crippen LogP contribution < -0.4 is 18.9 Å². The van der Waals surface area contributed by atoms with E-state index < -0.39 is 40.1 Å². The van der Waals surface area contributed by atoms with Crippen LogP contribution in [-0.4, -0.2) is 77.8 Å². The van der Waals surface area contributed by atoms with Crippen LogP contribution in [-0.2, 0) is 40.1 Å². The van der Waals surface area contributed by atoms with E-state index in [-0.39, 0.29) is 44.3 Å². The summed E-state index contributed by atoms with van der Waals surface area (Å²) < 4.78 is 102. The number of nitrogens with zero attached hydrogens (tertiary/aromatic N) is 4. The van der Waals surface area contributed by atoms with E-state index in [9.17, 15) is 33.7 Å². The first-order valence-electron chi connectivity index (χ1n) is 17.1. The van der Waals surface area contributed by atoms with Crippen LogP contribution in [0.15, 0.2) is 99.5 Å². The Morgan fingerprint density at radius 2 is 0.636 bits per heavy atom. The van der Waals surface area contributed by atoms with Crippen molar-refractivity contribution < 1.29 is 33.7 Å². The Bertz CT molecular complexity index is 1990. The molecule has 0 saturated heterocycles. The van der Waals surface area contributed by atoms with E-state index in [4.69, 9.17) is 0 Å². The minimum Gasteiger partial charge on any atom is -0.243 e. The molecule has 4 aromatic rings. The molecule has 4 N–H and O–H groups in total. The van der Waals surface area contributed by atoms with Crippen LogP contribution in [0.25, 0.3) is 0 Å². The van der Waals surface area contributed by atoms with E-state index in [1.807, 2.05) is 20.8 Å². The summed E-state index contributed by atoms with van der Waals surface area (Å²) in [4.78, 5) is 15.3. The maximum absolute atomic E-state index is 11.6. The Balaban J connectivity index is 0.000000367. The van der Waals surface area contributed by atoms with Gasteiger partial charge in [-0.25, -0.2) is 72.5 Å². The number of aryl methyl sites for hydroxylation is 3. The lowest BCUT2D eigenvalue weighted by molar-refractivity contribution is 0.564. The third kappa shape index (κ3) is 19.1. The van der Waals surface area contributed by atoms with Gasteiger partial charge in [-0.05, 0) is 123 Å². The van der Waals surface area contributed by atoms with Crippen molar-refractivity contribution in [3.8, 4) is 0 Å². The molecule has 0 aliphatic heterocycles. The standard InChI is InChI=1S/3C9H14N2O2S.C8H12N2O2S/c3*1-7(2)11-14(12,13)9-5-4-8(3)6-10-9;1-7(2)10-13(11,12)8-5-3-4-6-9-8/h3*4-7,11H,1-3H3;3-7,10H,1-2H3. The van der Waals surface area contributed by atoms with Crippen molar-refractivity contribution in [3.05, 3.63) is 96.1 Å². The van der Waals surface area contributed by atoms with Gasteiger partial charge in [0.05, 0.1) is 0 Å². The van der Waals surface area contributed by atoms with Crippen molar-refractivity contribution >= 4 is 40.1 Å². The molecule has 0 aliphatic rings. The van der Waals surface area contributed by atoms with E-state index >= 15 is 0 Å². The highest BCUT2D eigenvalue weighted by molar-refractivity contribution is 7.90. The third-order valence-corrected chi connectivity index (χ3v) is 12.3. The molecular weight excluding hydrogens is 789 g/mol. The SMILES string of the molecule is CC(C)NS(=O)(=O)c1ccccn1.Cc1ccc(S(=O)(=O)NC(C)C)nc1.Cc1ccc(S(=O)(=O)NC(C)C)nc1.Cc1ccc(S(=O)(=O)NC(C)C)nc1. The minimum atomic E-state index is -3.44. The number of nitrogens with one attached hydrogen (secondary N) is 4. The molecule has 0 fully saturated rings. The number of hydrogen-bond donors (Lipinski definition) is 4. The van der Waals surface area contributed by atoms with Crippen LogP contribution in [0, 0.1) is 20.8 Å². The molecular formula is C35H54N8O8S4. The zero-order valence-electron chi connectivity index (χ0n) is 33.0. The number of hydrogen-bond acceptors (Lipinski definition) is 12. The van der Waals surface area contributed by atoms with Crippen LogP contribution in [0.3, 0.4) is 0 Å². The van der Waals surface area contributed by atoms with Crippen LogP contribution in [0.4, 0.5) is 0 Å². The third-order valence-electron chi connectivity index (χ3n) is 5.96. The fourth-order valence-electron chi connectivity index (χ4n) is 3.83.